The van der Waals surface area contributed by atoms with E-state index in [1.165, 1.54) is 0 Å². The van der Waals surface area contributed by atoms with Crippen molar-refractivity contribution >= 4 is 0 Å². The van der Waals surface area contributed by atoms with Crippen molar-refractivity contribution in [3.63, 3.8) is 0 Å². The van der Waals surface area contributed by atoms with Crippen LogP contribution in [0.3, 0.4) is 0 Å². The SMILES string of the molecule is COCC1(CC#N)CNC1. The molecule has 3 heteroatoms. The van der Waals surface area contributed by atoms with Gasteiger partial charge in [-0.3, -0.25) is 0 Å². The highest BCUT2D eigenvalue weighted by atomic mass is 16.5. The number of nitriles is 1. The third-order valence-corrected chi connectivity index (χ3v) is 1.90. The van der Waals surface area contributed by atoms with Crippen LogP contribution in [-0.2, 0) is 4.74 Å². The van der Waals surface area contributed by atoms with Crippen molar-refractivity contribution in [2.24, 2.45) is 5.41 Å². The molecule has 1 aliphatic rings. The topological polar surface area (TPSA) is 45.0 Å². The Morgan fingerprint density at radius 1 is 1.70 bits per heavy atom. The van der Waals surface area contributed by atoms with E-state index >= 15 is 0 Å². The van der Waals surface area contributed by atoms with Crippen molar-refractivity contribution in [3.8, 4) is 6.07 Å². The molecule has 0 aromatic heterocycles. The fourth-order valence-electron chi connectivity index (χ4n) is 1.23. The third-order valence-electron chi connectivity index (χ3n) is 1.90. The molecule has 1 fully saturated rings. The molecule has 0 bridgehead atoms. The van der Waals surface area contributed by atoms with Gasteiger partial charge in [0.2, 0.25) is 0 Å². The average molecular weight is 140 g/mol. The summed E-state index contributed by atoms with van der Waals surface area (Å²) >= 11 is 0. The third kappa shape index (κ3) is 1.28. The Bertz CT molecular complexity index is 146. The second-order valence-corrected chi connectivity index (χ2v) is 2.87. The van der Waals surface area contributed by atoms with Gasteiger partial charge < -0.3 is 10.1 Å². The van der Waals surface area contributed by atoms with Crippen LogP contribution in [0.5, 0.6) is 0 Å². The fraction of sp³-hybridized carbons (Fsp3) is 0.857. The normalized spacial score (nSPS) is 21.2. The molecule has 0 saturated carbocycles. The molecule has 0 aliphatic carbocycles. The molecule has 0 amide bonds. The Morgan fingerprint density at radius 2 is 2.40 bits per heavy atom. The number of methoxy groups -OCH3 is 1. The molecule has 56 valence electrons. The zero-order chi connectivity index (χ0) is 7.45. The molecule has 0 spiro atoms. The van der Waals surface area contributed by atoms with Crippen molar-refractivity contribution in [1.29, 1.82) is 5.26 Å². The Kier molecular flexibility index (Phi) is 2.25. The van der Waals surface area contributed by atoms with Crippen molar-refractivity contribution < 1.29 is 4.74 Å². The quantitative estimate of drug-likeness (QED) is 0.606. The van der Waals surface area contributed by atoms with Gasteiger partial charge in [-0.25, -0.2) is 0 Å². The highest BCUT2D eigenvalue weighted by Crippen LogP contribution is 2.26. The lowest BCUT2D eigenvalue weighted by Gasteiger charge is -2.40. The Labute approximate surface area is 61.0 Å². The summed E-state index contributed by atoms with van der Waals surface area (Å²) in [4.78, 5) is 0. The maximum Gasteiger partial charge on any atom is 0.0629 e. The molecule has 0 aromatic rings. The van der Waals surface area contributed by atoms with Crippen LogP contribution in [0.4, 0.5) is 0 Å². The zero-order valence-electron chi connectivity index (χ0n) is 6.18. The van der Waals surface area contributed by atoms with E-state index in [4.69, 9.17) is 10.00 Å². The van der Waals surface area contributed by atoms with Crippen LogP contribution in [0.2, 0.25) is 0 Å². The predicted octanol–water partition coefficient (Wildman–Crippen LogP) is 0.136. The maximum atomic E-state index is 8.46. The van der Waals surface area contributed by atoms with Gasteiger partial charge in [0, 0.05) is 32.0 Å². The summed E-state index contributed by atoms with van der Waals surface area (Å²) in [6.45, 7) is 2.55. The molecule has 0 atom stereocenters. The zero-order valence-corrected chi connectivity index (χ0v) is 6.18. The van der Waals surface area contributed by atoms with Crippen LogP contribution in [0.25, 0.3) is 0 Å². The molecule has 1 heterocycles. The minimum atomic E-state index is 0.128. The minimum absolute atomic E-state index is 0.128. The smallest absolute Gasteiger partial charge is 0.0629 e. The summed E-state index contributed by atoms with van der Waals surface area (Å²) in [5.74, 6) is 0. The molecule has 10 heavy (non-hydrogen) atoms. The average Bonchev–Trinajstić information content (AvgIpc) is 1.84. The van der Waals surface area contributed by atoms with Crippen LogP contribution in [0, 0.1) is 16.7 Å². The molecule has 1 rings (SSSR count). The lowest BCUT2D eigenvalue weighted by atomic mass is 9.80. The minimum Gasteiger partial charge on any atom is -0.384 e. The van der Waals surface area contributed by atoms with Gasteiger partial charge in [0.25, 0.3) is 0 Å². The monoisotopic (exact) mass is 140 g/mol. The molecule has 0 radical (unpaired) electrons. The molecule has 0 aromatic carbocycles. The lowest BCUT2D eigenvalue weighted by molar-refractivity contribution is 0.0410. The van der Waals surface area contributed by atoms with Crippen LogP contribution in [0.1, 0.15) is 6.42 Å². The van der Waals surface area contributed by atoms with Crippen molar-refractivity contribution in [1.82, 2.24) is 5.32 Å². The molecule has 1 aliphatic heterocycles. The number of rotatable bonds is 3. The van der Waals surface area contributed by atoms with Gasteiger partial charge in [0.05, 0.1) is 12.7 Å². The molecule has 1 saturated heterocycles. The Hall–Kier alpha value is -0.590. The van der Waals surface area contributed by atoms with E-state index < -0.39 is 0 Å². The first-order chi connectivity index (χ1) is 4.83. The first-order valence-electron chi connectivity index (χ1n) is 3.40. The second-order valence-electron chi connectivity index (χ2n) is 2.87. The number of hydrogen-bond acceptors (Lipinski definition) is 3. The van der Waals surface area contributed by atoms with Crippen molar-refractivity contribution in [3.05, 3.63) is 0 Å². The van der Waals surface area contributed by atoms with Gasteiger partial charge in [-0.1, -0.05) is 0 Å². The Balaban J connectivity index is 2.36. The van der Waals surface area contributed by atoms with E-state index in [1.54, 1.807) is 7.11 Å². The summed E-state index contributed by atoms with van der Waals surface area (Å²) in [7, 11) is 1.68. The van der Waals surface area contributed by atoms with Crippen LogP contribution in [0.15, 0.2) is 0 Å². The van der Waals surface area contributed by atoms with Gasteiger partial charge in [-0.2, -0.15) is 5.26 Å². The van der Waals surface area contributed by atoms with Gasteiger partial charge >= 0.3 is 0 Å². The maximum absolute atomic E-state index is 8.46. The molecular formula is C7H12N2O. The van der Waals surface area contributed by atoms with Crippen LogP contribution >= 0.6 is 0 Å². The van der Waals surface area contributed by atoms with E-state index in [0.717, 1.165) is 13.1 Å². The van der Waals surface area contributed by atoms with Crippen molar-refractivity contribution in [2.75, 3.05) is 26.8 Å². The number of nitrogens with zero attached hydrogens (tertiary/aromatic N) is 1. The van der Waals surface area contributed by atoms with Crippen molar-refractivity contribution in [2.45, 2.75) is 6.42 Å². The molecule has 0 unspecified atom stereocenters. The summed E-state index contributed by atoms with van der Waals surface area (Å²) in [5.41, 5.74) is 0.128. The Morgan fingerprint density at radius 3 is 2.70 bits per heavy atom. The number of hydrogen-bond donors (Lipinski definition) is 1. The summed E-state index contributed by atoms with van der Waals surface area (Å²) < 4.78 is 5.01. The van der Waals surface area contributed by atoms with Gasteiger partial charge in [0.15, 0.2) is 0 Å². The van der Waals surface area contributed by atoms with E-state index in [0.29, 0.717) is 13.0 Å². The highest BCUT2D eigenvalue weighted by Gasteiger charge is 2.36. The van der Waals surface area contributed by atoms with E-state index in [2.05, 4.69) is 11.4 Å². The van der Waals surface area contributed by atoms with E-state index in [-0.39, 0.29) is 5.41 Å². The molecule has 3 nitrogen and oxygen atoms in total. The second kappa shape index (κ2) is 3.00. The first kappa shape index (κ1) is 7.52. The van der Waals surface area contributed by atoms with Gasteiger partial charge in [0.1, 0.15) is 0 Å². The van der Waals surface area contributed by atoms with Gasteiger partial charge in [-0.05, 0) is 0 Å². The first-order valence-corrected chi connectivity index (χ1v) is 3.40. The fourth-order valence-corrected chi connectivity index (χ4v) is 1.23. The predicted molar refractivity (Wildman–Crippen MR) is 37.4 cm³/mol. The summed E-state index contributed by atoms with van der Waals surface area (Å²) in [6.07, 6.45) is 0.605. The summed E-state index contributed by atoms with van der Waals surface area (Å²) in [6, 6.07) is 2.18. The standard InChI is InChI=1S/C7H12N2O/c1-10-6-7(2-3-8)4-9-5-7/h9H,2,4-6H2,1H3. The van der Waals surface area contributed by atoms with Gasteiger partial charge in [-0.15, -0.1) is 0 Å². The van der Waals surface area contributed by atoms with Crippen LogP contribution < -0.4 is 5.32 Å². The molecular weight excluding hydrogens is 128 g/mol. The lowest BCUT2D eigenvalue weighted by Crippen LogP contribution is -2.55. The summed E-state index contributed by atoms with van der Waals surface area (Å²) in [5, 5.41) is 11.6. The largest absolute Gasteiger partial charge is 0.384 e. The van der Waals surface area contributed by atoms with Crippen LogP contribution in [-0.4, -0.2) is 26.8 Å². The number of ether oxygens (including phenoxy) is 1. The van der Waals surface area contributed by atoms with E-state index in [1.807, 2.05) is 0 Å². The molecule has 1 N–H and O–H groups in total. The highest BCUT2D eigenvalue weighted by molar-refractivity contribution is 4.98. The van der Waals surface area contributed by atoms with E-state index in [9.17, 15) is 0 Å². The number of nitrogens with one attached hydrogen (secondary N) is 1.